The van der Waals surface area contributed by atoms with Gasteiger partial charge in [-0.2, -0.15) is 0 Å². The number of nitrogens with zero attached hydrogens (tertiary/aromatic N) is 1. The monoisotopic (exact) mass is 269 g/mol. The second-order valence-electron chi connectivity index (χ2n) is 5.05. The van der Waals surface area contributed by atoms with E-state index in [1.165, 1.54) is 6.08 Å². The Balaban J connectivity index is 2.20. The summed E-state index contributed by atoms with van der Waals surface area (Å²) in [5, 5.41) is 10.1. The normalized spacial score (nSPS) is 22.5. The van der Waals surface area contributed by atoms with E-state index >= 15 is 0 Å². The second-order valence-corrected chi connectivity index (χ2v) is 5.05. The van der Waals surface area contributed by atoms with Gasteiger partial charge in [0.25, 0.3) is 0 Å². The second kappa shape index (κ2) is 6.35. The van der Waals surface area contributed by atoms with Crippen LogP contribution in [0.2, 0.25) is 0 Å². The molecule has 1 N–H and O–H groups in total. The first-order valence-corrected chi connectivity index (χ1v) is 6.61. The van der Waals surface area contributed by atoms with Crippen molar-refractivity contribution >= 4 is 11.9 Å². The zero-order valence-electron chi connectivity index (χ0n) is 11.6. The molecule has 2 rings (SSSR count). The molecule has 0 amide bonds. The Bertz CT molecular complexity index is 545. The number of aliphatic hydroxyl groups excluding tert-OH is 1. The van der Waals surface area contributed by atoms with Crippen molar-refractivity contribution in [2.24, 2.45) is 0 Å². The summed E-state index contributed by atoms with van der Waals surface area (Å²) in [4.78, 5) is 13.6. The first-order valence-electron chi connectivity index (χ1n) is 6.61. The van der Waals surface area contributed by atoms with Gasteiger partial charge in [-0.3, -0.25) is 4.79 Å². The minimum atomic E-state index is -1.03. The highest BCUT2D eigenvalue weighted by Gasteiger charge is 2.29. The van der Waals surface area contributed by atoms with Crippen LogP contribution in [0.25, 0.3) is 6.08 Å². The van der Waals surface area contributed by atoms with Crippen molar-refractivity contribution in [3.8, 4) is 0 Å². The molecular weight excluding hydrogens is 250 g/mol. The lowest BCUT2D eigenvalue weighted by molar-refractivity contribution is -0.125. The molecule has 104 valence electrons. The van der Waals surface area contributed by atoms with E-state index < -0.39 is 6.10 Å². The fraction of sp³-hybridized carbons (Fsp3) is 0.235. The van der Waals surface area contributed by atoms with Crippen LogP contribution >= 0.6 is 0 Å². The Hall–Kier alpha value is -2.13. The molecule has 3 heteroatoms. The Morgan fingerprint density at radius 1 is 1.40 bits per heavy atom. The van der Waals surface area contributed by atoms with Crippen molar-refractivity contribution < 1.29 is 9.90 Å². The number of hydrogen-bond donors (Lipinski definition) is 1. The van der Waals surface area contributed by atoms with E-state index in [1.807, 2.05) is 54.3 Å². The molecule has 0 aliphatic carbocycles. The summed E-state index contributed by atoms with van der Waals surface area (Å²) >= 11 is 0. The molecule has 0 bridgehead atoms. The van der Waals surface area contributed by atoms with Gasteiger partial charge in [0.2, 0.25) is 0 Å². The first kappa shape index (κ1) is 14.3. The highest BCUT2D eigenvalue weighted by Crippen LogP contribution is 2.17. The standard InChI is InChI=1S/C17H19NO2/c1-13(2)12-18-11-10-16(19)17(20)15(18)9-8-14-6-4-3-5-7-14/h3-11,15,17,20H,1,12H2,2H3/b9-8+/t15-,17+/m1/s1. The Kier molecular flexibility index (Phi) is 4.53. The Morgan fingerprint density at radius 2 is 2.10 bits per heavy atom. The zero-order valence-corrected chi connectivity index (χ0v) is 11.6. The molecule has 0 unspecified atom stereocenters. The number of rotatable bonds is 4. The van der Waals surface area contributed by atoms with Crippen LogP contribution in [0, 0.1) is 0 Å². The van der Waals surface area contributed by atoms with Crippen molar-refractivity contribution in [2.45, 2.75) is 19.1 Å². The highest BCUT2D eigenvalue weighted by atomic mass is 16.3. The predicted molar refractivity (Wildman–Crippen MR) is 80.9 cm³/mol. The number of ketones is 1. The summed E-state index contributed by atoms with van der Waals surface area (Å²) in [7, 11) is 0. The van der Waals surface area contributed by atoms with Crippen molar-refractivity contribution in [3.63, 3.8) is 0 Å². The lowest BCUT2D eigenvalue weighted by Gasteiger charge is -2.34. The summed E-state index contributed by atoms with van der Waals surface area (Å²) in [6.07, 6.45) is 5.90. The van der Waals surface area contributed by atoms with Crippen molar-refractivity contribution in [1.82, 2.24) is 4.90 Å². The number of carbonyl (C=O) groups excluding carboxylic acids is 1. The molecule has 3 nitrogen and oxygen atoms in total. The lowest BCUT2D eigenvalue weighted by Crippen LogP contribution is -2.46. The molecule has 1 aromatic rings. The van der Waals surface area contributed by atoms with Gasteiger partial charge in [0, 0.05) is 12.7 Å². The van der Waals surface area contributed by atoms with Crippen molar-refractivity contribution in [1.29, 1.82) is 0 Å². The number of carbonyl (C=O) groups is 1. The van der Waals surface area contributed by atoms with Crippen LogP contribution in [0.5, 0.6) is 0 Å². The van der Waals surface area contributed by atoms with Gasteiger partial charge in [0.05, 0.1) is 6.04 Å². The maximum absolute atomic E-state index is 11.6. The van der Waals surface area contributed by atoms with E-state index in [4.69, 9.17) is 0 Å². The van der Waals surface area contributed by atoms with E-state index in [0.29, 0.717) is 6.54 Å². The third-order valence-electron chi connectivity index (χ3n) is 3.17. The number of aliphatic hydroxyl groups is 1. The molecule has 1 aliphatic rings. The quantitative estimate of drug-likeness (QED) is 0.853. The van der Waals surface area contributed by atoms with Gasteiger partial charge in [0.15, 0.2) is 5.78 Å². The van der Waals surface area contributed by atoms with Crippen LogP contribution in [-0.4, -0.2) is 34.5 Å². The molecule has 1 aliphatic heterocycles. The van der Waals surface area contributed by atoms with Crippen molar-refractivity contribution in [2.75, 3.05) is 6.54 Å². The summed E-state index contributed by atoms with van der Waals surface area (Å²) in [5.74, 6) is -0.259. The summed E-state index contributed by atoms with van der Waals surface area (Å²) < 4.78 is 0. The molecule has 0 radical (unpaired) electrons. The van der Waals surface area contributed by atoms with Crippen LogP contribution in [0.3, 0.4) is 0 Å². The highest BCUT2D eigenvalue weighted by molar-refractivity contribution is 5.95. The van der Waals surface area contributed by atoms with Gasteiger partial charge in [0.1, 0.15) is 6.10 Å². The third kappa shape index (κ3) is 3.45. The minimum Gasteiger partial charge on any atom is -0.382 e. The van der Waals surface area contributed by atoms with E-state index in [0.717, 1.165) is 11.1 Å². The molecule has 1 aromatic carbocycles. The molecule has 0 saturated carbocycles. The number of benzene rings is 1. The first-order chi connectivity index (χ1) is 9.58. The van der Waals surface area contributed by atoms with Gasteiger partial charge >= 0.3 is 0 Å². The predicted octanol–water partition coefficient (Wildman–Crippen LogP) is 2.40. The molecule has 0 aromatic heterocycles. The summed E-state index contributed by atoms with van der Waals surface area (Å²) in [5.41, 5.74) is 2.02. The fourth-order valence-corrected chi connectivity index (χ4v) is 2.18. The van der Waals surface area contributed by atoms with Gasteiger partial charge in [-0.05, 0) is 18.6 Å². The topological polar surface area (TPSA) is 40.5 Å². The van der Waals surface area contributed by atoms with Crippen LogP contribution in [0.4, 0.5) is 0 Å². The van der Waals surface area contributed by atoms with Crippen LogP contribution in [-0.2, 0) is 4.79 Å². The van der Waals surface area contributed by atoms with Crippen molar-refractivity contribution in [3.05, 3.63) is 66.4 Å². The summed E-state index contributed by atoms with van der Waals surface area (Å²) in [6, 6.07) is 9.46. The van der Waals surface area contributed by atoms with Crippen LogP contribution in [0.1, 0.15) is 12.5 Å². The maximum Gasteiger partial charge on any atom is 0.187 e. The minimum absolute atomic E-state index is 0.259. The van der Waals surface area contributed by atoms with E-state index in [-0.39, 0.29) is 11.8 Å². The van der Waals surface area contributed by atoms with Gasteiger partial charge in [-0.1, -0.05) is 54.6 Å². The van der Waals surface area contributed by atoms with E-state index in [2.05, 4.69) is 6.58 Å². The lowest BCUT2D eigenvalue weighted by atomic mass is 9.99. The molecule has 0 saturated heterocycles. The SMILES string of the molecule is C=C(C)CN1C=CC(=O)[C@@H](O)[C@H]1/C=C/c1ccccc1. The Morgan fingerprint density at radius 3 is 2.75 bits per heavy atom. The van der Waals surface area contributed by atoms with E-state index in [1.54, 1.807) is 6.20 Å². The van der Waals surface area contributed by atoms with Gasteiger partial charge in [-0.15, -0.1) is 0 Å². The molecule has 1 heterocycles. The molecule has 0 fully saturated rings. The molecule has 0 spiro atoms. The zero-order chi connectivity index (χ0) is 14.5. The Labute approximate surface area is 119 Å². The molecular formula is C17H19NO2. The largest absolute Gasteiger partial charge is 0.382 e. The third-order valence-corrected chi connectivity index (χ3v) is 3.17. The van der Waals surface area contributed by atoms with E-state index in [9.17, 15) is 9.90 Å². The van der Waals surface area contributed by atoms with Gasteiger partial charge in [-0.25, -0.2) is 0 Å². The van der Waals surface area contributed by atoms with Crippen LogP contribution in [0.15, 0.2) is 60.8 Å². The maximum atomic E-state index is 11.6. The number of hydrogen-bond acceptors (Lipinski definition) is 3. The molecule has 2 atom stereocenters. The smallest absolute Gasteiger partial charge is 0.187 e. The van der Waals surface area contributed by atoms with Gasteiger partial charge < -0.3 is 10.0 Å². The van der Waals surface area contributed by atoms with Crippen LogP contribution < -0.4 is 0 Å². The average Bonchev–Trinajstić information content (AvgIpc) is 2.43. The molecule has 20 heavy (non-hydrogen) atoms. The summed E-state index contributed by atoms with van der Waals surface area (Å²) in [6.45, 7) is 6.42. The average molecular weight is 269 g/mol. The fourth-order valence-electron chi connectivity index (χ4n) is 2.18.